The van der Waals surface area contributed by atoms with Crippen LogP contribution in [-0.4, -0.2) is 11.9 Å². The summed E-state index contributed by atoms with van der Waals surface area (Å²) in [5.41, 5.74) is 9.64. The van der Waals surface area contributed by atoms with Crippen LogP contribution in [0, 0.1) is 0 Å². The predicted molar refractivity (Wildman–Crippen MR) is 102 cm³/mol. The minimum Gasteiger partial charge on any atom is -0.278 e. The van der Waals surface area contributed by atoms with E-state index in [1.807, 2.05) is 91.0 Å². The molecule has 0 radical (unpaired) electrons. The third kappa shape index (κ3) is 4.55. The summed E-state index contributed by atoms with van der Waals surface area (Å²) in [6, 6.07) is 29.6. The number of nitrogens with one attached hydrogen (secondary N) is 2. The van der Waals surface area contributed by atoms with Crippen molar-refractivity contribution in [1.82, 2.24) is 0 Å². The van der Waals surface area contributed by atoms with Gasteiger partial charge in [-0.3, -0.25) is 10.9 Å². The number of hydrazone groups is 2. The quantitative estimate of drug-likeness (QED) is 0.516. The van der Waals surface area contributed by atoms with Gasteiger partial charge in [0.05, 0.1) is 17.6 Å². The van der Waals surface area contributed by atoms with Crippen LogP contribution in [0.5, 0.6) is 0 Å². The molecule has 2 N–H and O–H groups in total. The number of rotatable bonds is 6. The number of benzene rings is 3. The second-order valence-electron chi connectivity index (χ2n) is 5.08. The van der Waals surface area contributed by atoms with E-state index in [1.54, 1.807) is 6.21 Å². The zero-order valence-electron chi connectivity index (χ0n) is 13.1. The van der Waals surface area contributed by atoms with E-state index in [2.05, 4.69) is 21.1 Å². The van der Waals surface area contributed by atoms with Crippen molar-refractivity contribution in [1.29, 1.82) is 0 Å². The highest BCUT2D eigenvalue weighted by molar-refractivity contribution is 6.38. The molecule has 3 aromatic rings. The molecular weight excluding hydrogens is 296 g/mol. The summed E-state index contributed by atoms with van der Waals surface area (Å²) in [7, 11) is 0. The van der Waals surface area contributed by atoms with Crippen LogP contribution in [0.3, 0.4) is 0 Å². The average Bonchev–Trinajstić information content (AvgIpc) is 2.67. The Labute approximate surface area is 141 Å². The van der Waals surface area contributed by atoms with Crippen molar-refractivity contribution < 1.29 is 0 Å². The van der Waals surface area contributed by atoms with Gasteiger partial charge in [0.1, 0.15) is 5.71 Å². The summed E-state index contributed by atoms with van der Waals surface area (Å²) in [6.07, 6.45) is 1.71. The van der Waals surface area contributed by atoms with Crippen LogP contribution < -0.4 is 10.9 Å². The molecule has 0 fully saturated rings. The highest BCUT2D eigenvalue weighted by Gasteiger charge is 2.00. The molecule has 0 aliphatic carbocycles. The van der Waals surface area contributed by atoms with E-state index in [0.29, 0.717) is 0 Å². The third-order valence-electron chi connectivity index (χ3n) is 3.30. The molecule has 0 spiro atoms. The number of nitrogens with zero attached hydrogens (tertiary/aromatic N) is 2. The first-order valence-electron chi connectivity index (χ1n) is 7.70. The first-order valence-corrected chi connectivity index (χ1v) is 7.70. The molecule has 0 unspecified atom stereocenters. The Bertz CT molecular complexity index is 797. The van der Waals surface area contributed by atoms with E-state index in [4.69, 9.17) is 0 Å². The standard InChI is InChI=1S/C20H18N4/c1-4-10-17(11-5-1)20(24-23-19-14-8-3-9-15-19)16-21-22-18-12-6-2-7-13-18/h1-16,22-23H/b21-16+,24-20+. The van der Waals surface area contributed by atoms with Gasteiger partial charge in [-0.05, 0) is 24.3 Å². The van der Waals surface area contributed by atoms with E-state index in [-0.39, 0.29) is 0 Å². The Morgan fingerprint density at radius 1 is 0.625 bits per heavy atom. The Hall–Kier alpha value is -3.40. The van der Waals surface area contributed by atoms with Gasteiger partial charge in [0, 0.05) is 5.56 Å². The molecule has 0 heterocycles. The third-order valence-corrected chi connectivity index (χ3v) is 3.30. The molecule has 0 aromatic heterocycles. The molecule has 0 aliphatic heterocycles. The van der Waals surface area contributed by atoms with Gasteiger partial charge >= 0.3 is 0 Å². The maximum absolute atomic E-state index is 4.47. The summed E-state index contributed by atoms with van der Waals surface area (Å²) >= 11 is 0. The zero-order chi connectivity index (χ0) is 16.5. The summed E-state index contributed by atoms with van der Waals surface area (Å²) < 4.78 is 0. The molecular formula is C20H18N4. The average molecular weight is 314 g/mol. The first kappa shape index (κ1) is 15.5. The minimum absolute atomic E-state index is 0.739. The molecule has 0 saturated heterocycles. The van der Waals surface area contributed by atoms with Crippen LogP contribution in [0.1, 0.15) is 5.56 Å². The fourth-order valence-electron chi connectivity index (χ4n) is 2.09. The molecule has 118 valence electrons. The first-order chi connectivity index (χ1) is 11.9. The number of anilines is 2. The fraction of sp³-hybridized carbons (Fsp3) is 0. The van der Waals surface area contributed by atoms with Crippen molar-refractivity contribution in [3.8, 4) is 0 Å². The van der Waals surface area contributed by atoms with Gasteiger partial charge < -0.3 is 0 Å². The molecule has 3 rings (SSSR count). The summed E-state index contributed by atoms with van der Waals surface area (Å²) in [5, 5.41) is 8.76. The van der Waals surface area contributed by atoms with Crippen molar-refractivity contribution in [3.05, 3.63) is 96.6 Å². The lowest BCUT2D eigenvalue weighted by Gasteiger charge is -2.04. The SMILES string of the molecule is C(=N\Nc1ccccc1)/C(=N\Nc1ccccc1)c1ccccc1. The van der Waals surface area contributed by atoms with Gasteiger partial charge in [0.2, 0.25) is 0 Å². The second-order valence-corrected chi connectivity index (χ2v) is 5.08. The molecule has 0 saturated carbocycles. The van der Waals surface area contributed by atoms with E-state index in [0.717, 1.165) is 22.6 Å². The van der Waals surface area contributed by atoms with Crippen molar-refractivity contribution in [2.24, 2.45) is 10.2 Å². The number of hydrogen-bond acceptors (Lipinski definition) is 4. The lowest BCUT2D eigenvalue weighted by molar-refractivity contribution is 1.33. The maximum Gasteiger partial charge on any atom is 0.111 e. The Morgan fingerprint density at radius 3 is 1.71 bits per heavy atom. The van der Waals surface area contributed by atoms with Crippen molar-refractivity contribution in [2.45, 2.75) is 0 Å². The van der Waals surface area contributed by atoms with Crippen LogP contribution in [0.2, 0.25) is 0 Å². The predicted octanol–water partition coefficient (Wildman–Crippen LogP) is 4.60. The van der Waals surface area contributed by atoms with Crippen molar-refractivity contribution in [3.63, 3.8) is 0 Å². The Morgan fingerprint density at radius 2 is 1.12 bits per heavy atom. The summed E-state index contributed by atoms with van der Waals surface area (Å²) in [6.45, 7) is 0. The monoisotopic (exact) mass is 314 g/mol. The van der Waals surface area contributed by atoms with E-state index in [1.165, 1.54) is 0 Å². The van der Waals surface area contributed by atoms with Gasteiger partial charge in [-0.25, -0.2) is 0 Å². The van der Waals surface area contributed by atoms with Crippen LogP contribution >= 0.6 is 0 Å². The largest absolute Gasteiger partial charge is 0.278 e. The second kappa shape index (κ2) is 8.29. The normalized spacial score (nSPS) is 11.4. The fourth-order valence-corrected chi connectivity index (χ4v) is 2.09. The van der Waals surface area contributed by atoms with Crippen LogP contribution in [0.4, 0.5) is 11.4 Å². The van der Waals surface area contributed by atoms with E-state index in [9.17, 15) is 0 Å². The van der Waals surface area contributed by atoms with Gasteiger partial charge in [0.25, 0.3) is 0 Å². The number of hydrogen-bond donors (Lipinski definition) is 2. The molecule has 0 amide bonds. The Kier molecular flexibility index (Phi) is 5.35. The summed E-state index contributed by atoms with van der Waals surface area (Å²) in [4.78, 5) is 0. The topological polar surface area (TPSA) is 48.8 Å². The van der Waals surface area contributed by atoms with E-state index < -0.39 is 0 Å². The summed E-state index contributed by atoms with van der Waals surface area (Å²) in [5.74, 6) is 0. The van der Waals surface area contributed by atoms with Gasteiger partial charge in [-0.2, -0.15) is 10.2 Å². The zero-order valence-corrected chi connectivity index (χ0v) is 13.1. The molecule has 4 nitrogen and oxygen atoms in total. The molecule has 0 atom stereocenters. The van der Waals surface area contributed by atoms with Gasteiger partial charge in [-0.15, -0.1) is 0 Å². The van der Waals surface area contributed by atoms with Gasteiger partial charge in [-0.1, -0.05) is 66.7 Å². The van der Waals surface area contributed by atoms with E-state index >= 15 is 0 Å². The molecule has 24 heavy (non-hydrogen) atoms. The highest BCUT2D eigenvalue weighted by Crippen LogP contribution is 2.07. The van der Waals surface area contributed by atoms with Crippen LogP contribution in [0.15, 0.2) is 101 Å². The molecule has 4 heteroatoms. The van der Waals surface area contributed by atoms with Crippen LogP contribution in [-0.2, 0) is 0 Å². The minimum atomic E-state index is 0.739. The van der Waals surface area contributed by atoms with Crippen molar-refractivity contribution in [2.75, 3.05) is 10.9 Å². The highest BCUT2D eigenvalue weighted by atomic mass is 15.3. The lowest BCUT2D eigenvalue weighted by Crippen LogP contribution is -2.07. The maximum atomic E-state index is 4.47. The lowest BCUT2D eigenvalue weighted by atomic mass is 10.1. The van der Waals surface area contributed by atoms with Crippen LogP contribution in [0.25, 0.3) is 0 Å². The van der Waals surface area contributed by atoms with Crippen molar-refractivity contribution >= 4 is 23.3 Å². The molecule has 0 aliphatic rings. The molecule has 3 aromatic carbocycles. The Balaban J connectivity index is 1.77. The smallest absolute Gasteiger partial charge is 0.111 e. The number of para-hydroxylation sites is 2. The molecule has 0 bridgehead atoms. The van der Waals surface area contributed by atoms with Gasteiger partial charge in [0.15, 0.2) is 0 Å².